The van der Waals surface area contributed by atoms with Gasteiger partial charge < -0.3 is 5.32 Å². The van der Waals surface area contributed by atoms with Crippen molar-refractivity contribution in [1.82, 2.24) is 14.8 Å². The lowest BCUT2D eigenvalue weighted by molar-refractivity contribution is 0.570. The van der Waals surface area contributed by atoms with Crippen LogP contribution in [0.3, 0.4) is 0 Å². The number of aryl methyl sites for hydroxylation is 2. The molecular formula is C14H16Cl2N4. The zero-order chi connectivity index (χ0) is 13.9. The number of rotatable bonds is 3. The number of anilines is 1. The molecular weight excluding hydrogens is 295 g/mol. The normalized spacial score (nSPS) is 14.7. The number of fused-ring (bicyclic) bond motifs is 1. The van der Waals surface area contributed by atoms with Gasteiger partial charge in [-0.2, -0.15) is 5.10 Å². The average molecular weight is 311 g/mol. The second-order valence-corrected chi connectivity index (χ2v) is 5.77. The van der Waals surface area contributed by atoms with Crippen LogP contribution < -0.4 is 5.32 Å². The third-order valence-corrected chi connectivity index (χ3v) is 4.17. The summed E-state index contributed by atoms with van der Waals surface area (Å²) in [6.07, 6.45) is 4.69. The van der Waals surface area contributed by atoms with Crippen LogP contribution >= 0.6 is 23.2 Å². The standard InChI is InChI=1S/C14H16Cl2N4/c15-11-6-5-10(8-12(11)16)17-9-13-18-14-4-2-1-3-7-20(14)19-13/h5-6,8,17H,1-4,7,9H2. The molecule has 2 heterocycles. The van der Waals surface area contributed by atoms with Gasteiger partial charge in [-0.1, -0.05) is 29.6 Å². The summed E-state index contributed by atoms with van der Waals surface area (Å²) in [6.45, 7) is 1.58. The Kier molecular flexibility index (Phi) is 4.13. The Labute approximate surface area is 128 Å². The number of aromatic nitrogens is 3. The largest absolute Gasteiger partial charge is 0.378 e. The highest BCUT2D eigenvalue weighted by Gasteiger charge is 2.12. The van der Waals surface area contributed by atoms with Crippen molar-refractivity contribution >= 4 is 28.9 Å². The molecule has 0 radical (unpaired) electrons. The third-order valence-electron chi connectivity index (χ3n) is 3.43. The van der Waals surface area contributed by atoms with Crippen molar-refractivity contribution < 1.29 is 0 Å². The summed E-state index contributed by atoms with van der Waals surface area (Å²) in [6, 6.07) is 5.49. The first kappa shape index (κ1) is 13.7. The highest BCUT2D eigenvalue weighted by Crippen LogP contribution is 2.25. The van der Waals surface area contributed by atoms with Crippen LogP contribution in [0, 0.1) is 0 Å². The van der Waals surface area contributed by atoms with E-state index in [2.05, 4.69) is 15.4 Å². The molecule has 4 nitrogen and oxygen atoms in total. The van der Waals surface area contributed by atoms with Crippen molar-refractivity contribution in [3.05, 3.63) is 39.9 Å². The number of nitrogens with one attached hydrogen (secondary N) is 1. The Morgan fingerprint density at radius 3 is 2.90 bits per heavy atom. The molecule has 1 aromatic heterocycles. The van der Waals surface area contributed by atoms with Crippen LogP contribution in [0.15, 0.2) is 18.2 Å². The second-order valence-electron chi connectivity index (χ2n) is 4.96. The quantitative estimate of drug-likeness (QED) is 0.934. The minimum atomic E-state index is 0.547. The maximum absolute atomic E-state index is 5.99. The fraction of sp³-hybridized carbons (Fsp3) is 0.429. The van der Waals surface area contributed by atoms with Crippen molar-refractivity contribution in [1.29, 1.82) is 0 Å². The zero-order valence-corrected chi connectivity index (χ0v) is 12.6. The van der Waals surface area contributed by atoms with Crippen LogP contribution in [-0.2, 0) is 19.5 Å². The molecule has 3 rings (SSSR count). The number of halogens is 2. The minimum Gasteiger partial charge on any atom is -0.378 e. The number of hydrogen-bond acceptors (Lipinski definition) is 3. The maximum Gasteiger partial charge on any atom is 0.169 e. The van der Waals surface area contributed by atoms with Gasteiger partial charge in [0, 0.05) is 18.7 Å². The SMILES string of the molecule is Clc1ccc(NCc2nc3n(n2)CCCCC3)cc1Cl. The first-order chi connectivity index (χ1) is 9.72. The van der Waals surface area contributed by atoms with Crippen LogP contribution in [0.5, 0.6) is 0 Å². The Balaban J connectivity index is 1.67. The molecule has 0 aliphatic carbocycles. The van der Waals surface area contributed by atoms with Gasteiger partial charge in [-0.3, -0.25) is 0 Å². The number of hydrogen-bond donors (Lipinski definition) is 1. The Bertz CT molecular complexity index is 586. The molecule has 1 aromatic carbocycles. The average Bonchev–Trinajstić information content (AvgIpc) is 2.70. The smallest absolute Gasteiger partial charge is 0.169 e. The van der Waals surface area contributed by atoms with E-state index in [4.69, 9.17) is 23.2 Å². The first-order valence-electron chi connectivity index (χ1n) is 6.84. The fourth-order valence-electron chi connectivity index (χ4n) is 2.37. The first-order valence-corrected chi connectivity index (χ1v) is 7.59. The lowest BCUT2D eigenvalue weighted by Gasteiger charge is -2.05. The molecule has 0 atom stereocenters. The molecule has 0 saturated carbocycles. The molecule has 0 bridgehead atoms. The molecule has 0 fully saturated rings. The minimum absolute atomic E-state index is 0.547. The molecule has 0 unspecified atom stereocenters. The van der Waals surface area contributed by atoms with E-state index in [9.17, 15) is 0 Å². The van der Waals surface area contributed by atoms with E-state index in [0.29, 0.717) is 16.6 Å². The van der Waals surface area contributed by atoms with Crippen molar-refractivity contribution in [3.63, 3.8) is 0 Å². The number of nitrogens with zero attached hydrogens (tertiary/aromatic N) is 3. The fourth-order valence-corrected chi connectivity index (χ4v) is 2.67. The monoisotopic (exact) mass is 310 g/mol. The summed E-state index contributed by atoms with van der Waals surface area (Å²) >= 11 is 11.9. The van der Waals surface area contributed by atoms with Gasteiger partial charge >= 0.3 is 0 Å². The summed E-state index contributed by atoms with van der Waals surface area (Å²) in [7, 11) is 0. The Morgan fingerprint density at radius 2 is 2.05 bits per heavy atom. The highest BCUT2D eigenvalue weighted by molar-refractivity contribution is 6.42. The molecule has 0 saturated heterocycles. The summed E-state index contributed by atoms with van der Waals surface area (Å²) in [5, 5.41) is 8.93. The highest BCUT2D eigenvalue weighted by atomic mass is 35.5. The summed E-state index contributed by atoms with van der Waals surface area (Å²) in [4.78, 5) is 4.60. The van der Waals surface area contributed by atoms with Crippen molar-refractivity contribution in [2.45, 2.75) is 38.8 Å². The zero-order valence-electron chi connectivity index (χ0n) is 11.1. The predicted molar refractivity (Wildman–Crippen MR) is 81.4 cm³/mol. The van der Waals surface area contributed by atoms with E-state index in [1.165, 1.54) is 19.3 Å². The van der Waals surface area contributed by atoms with Crippen LogP contribution in [0.2, 0.25) is 10.0 Å². The van der Waals surface area contributed by atoms with Crippen molar-refractivity contribution in [3.8, 4) is 0 Å². The van der Waals surface area contributed by atoms with Crippen LogP contribution in [0.25, 0.3) is 0 Å². The summed E-state index contributed by atoms with van der Waals surface area (Å²) in [5.41, 5.74) is 0.921. The molecule has 1 N–H and O–H groups in total. The molecule has 1 aliphatic heterocycles. The van der Waals surface area contributed by atoms with Gasteiger partial charge in [0.2, 0.25) is 0 Å². The molecule has 106 valence electrons. The lowest BCUT2D eigenvalue weighted by Crippen LogP contribution is -2.04. The van der Waals surface area contributed by atoms with Crippen molar-refractivity contribution in [2.24, 2.45) is 0 Å². The van der Waals surface area contributed by atoms with Gasteiger partial charge in [-0.05, 0) is 31.0 Å². The van der Waals surface area contributed by atoms with Gasteiger partial charge in [-0.25, -0.2) is 9.67 Å². The van der Waals surface area contributed by atoms with E-state index in [1.54, 1.807) is 6.07 Å². The van der Waals surface area contributed by atoms with E-state index < -0.39 is 0 Å². The van der Waals surface area contributed by atoms with Gasteiger partial charge in [-0.15, -0.1) is 0 Å². The molecule has 2 aromatic rings. The second kappa shape index (κ2) is 6.02. The maximum atomic E-state index is 5.99. The Morgan fingerprint density at radius 1 is 1.15 bits per heavy atom. The molecule has 6 heteroatoms. The van der Waals surface area contributed by atoms with Crippen LogP contribution in [0.1, 0.15) is 30.9 Å². The predicted octanol–water partition coefficient (Wildman–Crippen LogP) is 3.92. The molecule has 0 spiro atoms. The Hall–Kier alpha value is -1.26. The van der Waals surface area contributed by atoms with E-state index in [0.717, 1.165) is 30.3 Å². The topological polar surface area (TPSA) is 42.7 Å². The number of benzene rings is 1. The van der Waals surface area contributed by atoms with Crippen molar-refractivity contribution in [2.75, 3.05) is 5.32 Å². The van der Waals surface area contributed by atoms with E-state index in [-0.39, 0.29) is 0 Å². The molecule has 0 amide bonds. The van der Waals surface area contributed by atoms with E-state index in [1.807, 2.05) is 16.8 Å². The summed E-state index contributed by atoms with van der Waals surface area (Å²) < 4.78 is 2.04. The third kappa shape index (κ3) is 3.07. The van der Waals surface area contributed by atoms with Crippen LogP contribution in [-0.4, -0.2) is 14.8 Å². The van der Waals surface area contributed by atoms with Gasteiger partial charge in [0.15, 0.2) is 5.82 Å². The molecule has 20 heavy (non-hydrogen) atoms. The van der Waals surface area contributed by atoms with Gasteiger partial charge in [0.05, 0.1) is 16.6 Å². The van der Waals surface area contributed by atoms with Crippen LogP contribution in [0.4, 0.5) is 5.69 Å². The molecule has 1 aliphatic rings. The van der Waals surface area contributed by atoms with Gasteiger partial charge in [0.25, 0.3) is 0 Å². The van der Waals surface area contributed by atoms with Gasteiger partial charge in [0.1, 0.15) is 5.82 Å². The van der Waals surface area contributed by atoms with E-state index >= 15 is 0 Å². The summed E-state index contributed by atoms with van der Waals surface area (Å²) in [5.74, 6) is 1.93. The lowest BCUT2D eigenvalue weighted by atomic mass is 10.2.